The number of benzene rings is 2. The van der Waals surface area contributed by atoms with Crippen LogP contribution < -0.4 is 4.74 Å². The molecule has 1 aliphatic rings. The number of ether oxygens (including phenoxy) is 2. The van der Waals surface area contributed by atoms with E-state index in [1.54, 1.807) is 0 Å². The molecule has 0 atom stereocenters. The molecule has 0 bridgehead atoms. The molecule has 1 aliphatic heterocycles. The van der Waals surface area contributed by atoms with E-state index >= 15 is 0 Å². The minimum atomic E-state index is 0.112. The molecule has 0 saturated carbocycles. The van der Waals surface area contributed by atoms with Gasteiger partial charge in [0, 0.05) is 30.8 Å². The van der Waals surface area contributed by atoms with E-state index in [-0.39, 0.29) is 5.91 Å². The topological polar surface area (TPSA) is 38.8 Å². The van der Waals surface area contributed by atoms with Crippen molar-refractivity contribution in [1.82, 2.24) is 4.90 Å². The Morgan fingerprint density at radius 3 is 2.50 bits per heavy atom. The molecule has 0 aromatic heterocycles. The maximum absolute atomic E-state index is 13.1. The number of carbonyl (C=O) groups excluding carboxylic acids is 1. The molecule has 0 unspecified atom stereocenters. The Hall–Kier alpha value is -2.33. The highest BCUT2D eigenvalue weighted by atomic mass is 16.5. The molecule has 30 heavy (non-hydrogen) atoms. The molecule has 2 aromatic carbocycles. The lowest BCUT2D eigenvalue weighted by Crippen LogP contribution is -2.39. The Kier molecular flexibility index (Phi) is 8.32. The van der Waals surface area contributed by atoms with Crippen molar-refractivity contribution in [2.24, 2.45) is 11.8 Å². The van der Waals surface area contributed by atoms with Crippen LogP contribution in [0.4, 0.5) is 0 Å². The highest BCUT2D eigenvalue weighted by molar-refractivity contribution is 5.94. The molecule has 4 nitrogen and oxygen atoms in total. The molecule has 162 valence electrons. The summed E-state index contributed by atoms with van der Waals surface area (Å²) in [6.07, 6.45) is 3.22. The molecule has 1 heterocycles. The lowest BCUT2D eigenvalue weighted by Gasteiger charge is -2.32. The molecular formula is C26H35NO3. The predicted octanol–water partition coefficient (Wildman–Crippen LogP) is 5.35. The summed E-state index contributed by atoms with van der Waals surface area (Å²) in [5, 5.41) is 0. The van der Waals surface area contributed by atoms with E-state index in [0.717, 1.165) is 49.2 Å². The van der Waals surface area contributed by atoms with Gasteiger partial charge in [-0.05, 0) is 61.8 Å². The number of likely N-dealkylation sites (tertiary alicyclic amines) is 1. The second-order valence-electron chi connectivity index (χ2n) is 8.59. The van der Waals surface area contributed by atoms with Gasteiger partial charge in [-0.25, -0.2) is 0 Å². The van der Waals surface area contributed by atoms with Gasteiger partial charge in [-0.2, -0.15) is 0 Å². The molecule has 2 aromatic rings. The smallest absolute Gasteiger partial charge is 0.253 e. The first-order valence-electron chi connectivity index (χ1n) is 11.2. The van der Waals surface area contributed by atoms with Gasteiger partial charge in [0.25, 0.3) is 5.91 Å². The number of rotatable bonds is 9. The molecule has 4 heteroatoms. The minimum Gasteiger partial charge on any atom is -0.494 e. The first-order valence-corrected chi connectivity index (χ1v) is 11.2. The summed E-state index contributed by atoms with van der Waals surface area (Å²) in [5.41, 5.74) is 3.06. The van der Waals surface area contributed by atoms with Crippen molar-refractivity contribution in [3.8, 4) is 5.75 Å². The number of piperidine rings is 1. The zero-order valence-electron chi connectivity index (χ0n) is 18.6. The van der Waals surface area contributed by atoms with Crippen LogP contribution in [0.2, 0.25) is 0 Å². The summed E-state index contributed by atoms with van der Waals surface area (Å²) in [6, 6.07) is 16.4. The normalized spacial score (nSPS) is 14.9. The molecule has 0 spiro atoms. The van der Waals surface area contributed by atoms with E-state index in [9.17, 15) is 4.79 Å². The van der Waals surface area contributed by atoms with Crippen LogP contribution in [0, 0.1) is 11.8 Å². The van der Waals surface area contributed by atoms with Crippen molar-refractivity contribution in [3.63, 3.8) is 0 Å². The van der Waals surface area contributed by atoms with Crippen molar-refractivity contribution < 1.29 is 14.3 Å². The van der Waals surface area contributed by atoms with Gasteiger partial charge in [-0.3, -0.25) is 4.79 Å². The molecule has 0 N–H and O–H groups in total. The number of hydrogen-bond acceptors (Lipinski definition) is 3. The van der Waals surface area contributed by atoms with Crippen molar-refractivity contribution in [2.75, 3.05) is 26.3 Å². The molecule has 0 aliphatic carbocycles. The van der Waals surface area contributed by atoms with Gasteiger partial charge in [-0.1, -0.05) is 44.2 Å². The Balaban J connectivity index is 1.60. The third kappa shape index (κ3) is 6.33. The van der Waals surface area contributed by atoms with E-state index in [0.29, 0.717) is 31.7 Å². The van der Waals surface area contributed by atoms with Crippen LogP contribution in [-0.4, -0.2) is 37.1 Å². The molecule has 1 saturated heterocycles. The van der Waals surface area contributed by atoms with Gasteiger partial charge < -0.3 is 14.4 Å². The zero-order chi connectivity index (χ0) is 21.3. The Morgan fingerprint density at radius 2 is 1.83 bits per heavy atom. The van der Waals surface area contributed by atoms with Crippen LogP contribution in [0.25, 0.3) is 0 Å². The third-order valence-corrected chi connectivity index (χ3v) is 5.58. The average molecular weight is 410 g/mol. The molecule has 1 amide bonds. The fourth-order valence-electron chi connectivity index (χ4n) is 4.00. The van der Waals surface area contributed by atoms with Crippen LogP contribution in [0.5, 0.6) is 5.75 Å². The van der Waals surface area contributed by atoms with Crippen molar-refractivity contribution in [1.29, 1.82) is 0 Å². The van der Waals surface area contributed by atoms with Crippen LogP contribution in [-0.2, 0) is 17.8 Å². The molecular weight excluding hydrogens is 374 g/mol. The van der Waals surface area contributed by atoms with Crippen molar-refractivity contribution in [2.45, 2.75) is 46.6 Å². The second kappa shape index (κ2) is 11.2. The monoisotopic (exact) mass is 409 g/mol. The van der Waals surface area contributed by atoms with E-state index in [2.05, 4.69) is 44.2 Å². The number of nitrogens with zero attached hydrogens (tertiary/aromatic N) is 1. The van der Waals surface area contributed by atoms with Crippen LogP contribution in [0.1, 0.15) is 55.1 Å². The third-order valence-electron chi connectivity index (χ3n) is 5.58. The number of amides is 1. The van der Waals surface area contributed by atoms with Gasteiger partial charge in [0.05, 0.1) is 13.2 Å². The van der Waals surface area contributed by atoms with Crippen LogP contribution in [0.15, 0.2) is 48.5 Å². The average Bonchev–Trinajstić information content (AvgIpc) is 2.75. The fourth-order valence-corrected chi connectivity index (χ4v) is 4.00. The first kappa shape index (κ1) is 22.4. The number of hydrogen-bond donors (Lipinski definition) is 0. The van der Waals surface area contributed by atoms with Crippen LogP contribution in [0.3, 0.4) is 0 Å². The van der Waals surface area contributed by atoms with Crippen molar-refractivity contribution in [3.05, 3.63) is 65.2 Å². The summed E-state index contributed by atoms with van der Waals surface area (Å²) in [5.74, 6) is 2.04. The molecule has 0 radical (unpaired) electrons. The summed E-state index contributed by atoms with van der Waals surface area (Å²) in [6.45, 7) is 9.63. The van der Waals surface area contributed by atoms with Gasteiger partial charge in [0.2, 0.25) is 0 Å². The van der Waals surface area contributed by atoms with Gasteiger partial charge in [0.1, 0.15) is 5.75 Å². The maximum atomic E-state index is 13.1. The highest BCUT2D eigenvalue weighted by Gasteiger charge is 2.24. The Morgan fingerprint density at radius 1 is 1.10 bits per heavy atom. The predicted molar refractivity (Wildman–Crippen MR) is 121 cm³/mol. The van der Waals surface area contributed by atoms with Gasteiger partial charge >= 0.3 is 0 Å². The van der Waals surface area contributed by atoms with E-state index in [4.69, 9.17) is 9.47 Å². The minimum absolute atomic E-state index is 0.112. The van der Waals surface area contributed by atoms with E-state index in [1.807, 2.05) is 30.0 Å². The summed E-state index contributed by atoms with van der Waals surface area (Å²) < 4.78 is 11.6. The molecule has 1 fully saturated rings. The fraction of sp³-hybridized carbons (Fsp3) is 0.500. The van der Waals surface area contributed by atoms with Gasteiger partial charge in [0.15, 0.2) is 0 Å². The lowest BCUT2D eigenvalue weighted by molar-refractivity contribution is 0.0689. The maximum Gasteiger partial charge on any atom is 0.253 e. The van der Waals surface area contributed by atoms with Gasteiger partial charge in [-0.15, -0.1) is 0 Å². The Labute approximate surface area is 181 Å². The highest BCUT2D eigenvalue weighted by Crippen LogP contribution is 2.26. The number of carbonyl (C=O) groups is 1. The largest absolute Gasteiger partial charge is 0.494 e. The standard InChI is InChI=1S/C26H35NO3/c1-4-30-25-11-10-23(17-24(25)19-29-18-20(2)3)26(28)27-14-12-22(13-15-27)16-21-8-6-5-7-9-21/h5-11,17,20,22H,4,12-16,18-19H2,1-3H3. The molecule has 3 rings (SSSR count). The van der Waals surface area contributed by atoms with Crippen molar-refractivity contribution >= 4 is 5.91 Å². The first-order chi connectivity index (χ1) is 14.6. The second-order valence-corrected chi connectivity index (χ2v) is 8.59. The Bertz CT molecular complexity index is 795. The van der Waals surface area contributed by atoms with Crippen LogP contribution >= 0.6 is 0 Å². The summed E-state index contributed by atoms with van der Waals surface area (Å²) in [4.78, 5) is 15.1. The summed E-state index contributed by atoms with van der Waals surface area (Å²) in [7, 11) is 0. The van der Waals surface area contributed by atoms with E-state index in [1.165, 1.54) is 5.56 Å². The summed E-state index contributed by atoms with van der Waals surface area (Å²) >= 11 is 0. The quantitative estimate of drug-likeness (QED) is 0.560. The lowest BCUT2D eigenvalue weighted by atomic mass is 9.90. The zero-order valence-corrected chi connectivity index (χ0v) is 18.6. The SMILES string of the molecule is CCOc1ccc(C(=O)N2CCC(Cc3ccccc3)CC2)cc1COCC(C)C. The van der Waals surface area contributed by atoms with E-state index < -0.39 is 0 Å².